The fourth-order valence-corrected chi connectivity index (χ4v) is 7.51. The molecule has 3 rings (SSSR count). The van der Waals surface area contributed by atoms with Crippen LogP contribution in [0.15, 0.2) is 0 Å². The zero-order chi connectivity index (χ0) is 27.8. The Morgan fingerprint density at radius 2 is 1.65 bits per heavy atom. The molecule has 7 nitrogen and oxygen atoms in total. The second-order valence-corrected chi connectivity index (χ2v) is 12.9. The van der Waals surface area contributed by atoms with Crippen LogP contribution in [0.2, 0.25) is 0 Å². The third-order valence-electron chi connectivity index (χ3n) is 7.61. The van der Waals surface area contributed by atoms with E-state index in [1.54, 1.807) is 7.11 Å². The molecular formula is C31H59FeN2O5P. The predicted octanol–water partition coefficient (Wildman–Crippen LogP) is 8.04. The zero-order valence-electron chi connectivity index (χ0n) is 26.5. The van der Waals surface area contributed by atoms with Crippen molar-refractivity contribution in [1.82, 2.24) is 4.67 Å². The van der Waals surface area contributed by atoms with Crippen LogP contribution in [-0.4, -0.2) is 68.1 Å². The standard InChI is InChI=1S/C25H47N2O5P.C5H9.CH3.Fe/c1-19(2)27(20(3)4)33(30-17-11-15-26)32-25-23(18-28-6)31-21(5)24(25)29-16-10-9-14-22-12-7-8-13-22;1-2-4-5-3-1;;/h19-25H,7-14,16-18H2,1-6H3;1H,2-5H2;1H3;/q;2*-1;+2/t21-,23+,24?,25-,33?;;;/m0.../s1. The Morgan fingerprint density at radius 3 is 2.17 bits per heavy atom. The molecule has 0 aromatic rings. The summed E-state index contributed by atoms with van der Waals surface area (Å²) in [4.78, 5) is 0. The van der Waals surface area contributed by atoms with Gasteiger partial charge in [-0.1, -0.05) is 51.4 Å². The Kier molecular flexibility index (Phi) is 23.7. The normalized spacial score (nSPS) is 25.4. The van der Waals surface area contributed by atoms with Crippen molar-refractivity contribution in [3.8, 4) is 6.07 Å². The summed E-state index contributed by atoms with van der Waals surface area (Å²) in [6, 6.07) is 2.65. The number of methoxy groups -OCH3 is 1. The first-order valence-corrected chi connectivity index (χ1v) is 16.3. The van der Waals surface area contributed by atoms with E-state index in [1.165, 1.54) is 64.2 Å². The Morgan fingerprint density at radius 1 is 1.00 bits per heavy atom. The minimum absolute atomic E-state index is 0. The minimum atomic E-state index is -1.37. The minimum Gasteiger partial charge on any atom is -0.382 e. The zero-order valence-corrected chi connectivity index (χ0v) is 28.5. The Labute approximate surface area is 259 Å². The number of nitrogens with zero attached hydrogens (tertiary/aromatic N) is 2. The summed E-state index contributed by atoms with van der Waals surface area (Å²) in [6.45, 7) is 12.1. The molecule has 2 aliphatic carbocycles. The Balaban J connectivity index is 0.00000195. The van der Waals surface area contributed by atoms with Crippen LogP contribution >= 0.6 is 8.53 Å². The van der Waals surface area contributed by atoms with Gasteiger partial charge in [-0.3, -0.25) is 0 Å². The van der Waals surface area contributed by atoms with Gasteiger partial charge in [-0.25, -0.2) is 4.67 Å². The van der Waals surface area contributed by atoms with E-state index in [0.29, 0.717) is 19.6 Å². The first-order valence-electron chi connectivity index (χ1n) is 15.2. The third-order valence-corrected chi connectivity index (χ3v) is 9.73. The van der Waals surface area contributed by atoms with Crippen molar-refractivity contribution in [2.75, 3.05) is 26.9 Å². The molecule has 0 aromatic heterocycles. The van der Waals surface area contributed by atoms with Gasteiger partial charge in [0.2, 0.25) is 0 Å². The van der Waals surface area contributed by atoms with Crippen LogP contribution in [0.4, 0.5) is 0 Å². The maximum Gasteiger partial charge on any atom is 2.00 e. The molecule has 2 unspecified atom stereocenters. The van der Waals surface area contributed by atoms with E-state index in [2.05, 4.69) is 51.8 Å². The van der Waals surface area contributed by atoms with Crippen LogP contribution in [-0.2, 0) is 40.3 Å². The molecule has 0 N–H and O–H groups in total. The number of unbranched alkanes of at least 4 members (excludes halogenated alkanes) is 1. The molecule has 236 valence electrons. The van der Waals surface area contributed by atoms with Crippen molar-refractivity contribution < 1.29 is 40.3 Å². The van der Waals surface area contributed by atoms with Crippen molar-refractivity contribution in [3.63, 3.8) is 0 Å². The van der Waals surface area contributed by atoms with Gasteiger partial charge in [0, 0.05) is 25.8 Å². The number of hydrogen-bond donors (Lipinski definition) is 0. The van der Waals surface area contributed by atoms with Gasteiger partial charge in [-0.2, -0.15) is 18.1 Å². The summed E-state index contributed by atoms with van der Waals surface area (Å²) in [6.07, 6.45) is 16.8. The molecule has 1 saturated heterocycles. The van der Waals surface area contributed by atoms with Gasteiger partial charge in [-0.15, -0.1) is 0 Å². The average molecular weight is 627 g/mol. The molecule has 9 heteroatoms. The molecular weight excluding hydrogens is 567 g/mol. The molecule has 0 aromatic carbocycles. The largest absolute Gasteiger partial charge is 2.00 e. The van der Waals surface area contributed by atoms with E-state index in [9.17, 15) is 0 Å². The molecule has 1 heterocycles. The van der Waals surface area contributed by atoms with E-state index in [4.69, 9.17) is 28.5 Å². The topological polar surface area (TPSA) is 73.2 Å². The Bertz CT molecular complexity index is 628. The van der Waals surface area contributed by atoms with Crippen molar-refractivity contribution in [1.29, 1.82) is 5.26 Å². The maximum absolute atomic E-state index is 8.99. The van der Waals surface area contributed by atoms with Gasteiger partial charge < -0.3 is 37.1 Å². The second kappa shape index (κ2) is 23.6. The van der Waals surface area contributed by atoms with Crippen molar-refractivity contribution in [2.24, 2.45) is 5.92 Å². The Hall–Kier alpha value is 0.199. The fourth-order valence-electron chi connectivity index (χ4n) is 5.74. The van der Waals surface area contributed by atoms with E-state index < -0.39 is 8.53 Å². The van der Waals surface area contributed by atoms with Crippen LogP contribution in [0.5, 0.6) is 0 Å². The molecule has 3 aliphatic rings. The van der Waals surface area contributed by atoms with Crippen LogP contribution in [0.1, 0.15) is 112 Å². The number of nitriles is 1. The number of hydrogen-bond acceptors (Lipinski definition) is 7. The monoisotopic (exact) mass is 626 g/mol. The SMILES string of the molecule is COC[C@H]1O[C@@H](C)C(OCCCCC2CCCC2)[C@H]1OP(OCCC#N)N(C(C)C)C(C)C.[CH-]1CCCC1.[CH3-].[Fe+2]. The van der Waals surface area contributed by atoms with Gasteiger partial charge in [0.15, 0.2) is 0 Å². The van der Waals surface area contributed by atoms with Crippen LogP contribution < -0.4 is 0 Å². The van der Waals surface area contributed by atoms with Crippen LogP contribution in [0.25, 0.3) is 0 Å². The average Bonchev–Trinajstić information content (AvgIpc) is 3.65. The summed E-state index contributed by atoms with van der Waals surface area (Å²) in [5.41, 5.74) is 0. The molecule has 0 radical (unpaired) electrons. The molecule has 0 amide bonds. The molecule has 1 aliphatic heterocycles. The molecule has 0 bridgehead atoms. The van der Waals surface area contributed by atoms with Crippen LogP contribution in [0, 0.1) is 31.1 Å². The van der Waals surface area contributed by atoms with Gasteiger partial charge in [-0.05, 0) is 47.0 Å². The summed E-state index contributed by atoms with van der Waals surface area (Å²) in [5, 5.41) is 8.99. The van der Waals surface area contributed by atoms with E-state index in [1.807, 2.05) is 0 Å². The van der Waals surface area contributed by atoms with Crippen LogP contribution in [0.3, 0.4) is 0 Å². The molecule has 0 spiro atoms. The molecule has 3 fully saturated rings. The number of ether oxygens (including phenoxy) is 3. The van der Waals surface area contributed by atoms with Gasteiger partial charge >= 0.3 is 17.1 Å². The van der Waals surface area contributed by atoms with Crippen molar-refractivity contribution in [2.45, 2.75) is 148 Å². The van der Waals surface area contributed by atoms with E-state index >= 15 is 0 Å². The third kappa shape index (κ3) is 14.6. The molecule has 5 atom stereocenters. The summed E-state index contributed by atoms with van der Waals surface area (Å²) in [7, 11) is 0.314. The summed E-state index contributed by atoms with van der Waals surface area (Å²) < 4.78 is 33.1. The summed E-state index contributed by atoms with van der Waals surface area (Å²) in [5.74, 6) is 0.924. The first-order chi connectivity index (χ1) is 18.4. The summed E-state index contributed by atoms with van der Waals surface area (Å²) >= 11 is 0. The first kappa shape index (κ1) is 40.2. The maximum atomic E-state index is 8.99. The quantitative estimate of drug-likeness (QED) is 0.0743. The van der Waals surface area contributed by atoms with Crippen molar-refractivity contribution >= 4 is 8.53 Å². The van der Waals surface area contributed by atoms with Gasteiger partial charge in [0.05, 0.1) is 31.8 Å². The van der Waals surface area contributed by atoms with E-state index in [0.717, 1.165) is 18.9 Å². The van der Waals surface area contributed by atoms with Gasteiger partial charge in [0.25, 0.3) is 8.53 Å². The van der Waals surface area contributed by atoms with Gasteiger partial charge in [0.1, 0.15) is 18.3 Å². The molecule has 40 heavy (non-hydrogen) atoms. The van der Waals surface area contributed by atoms with Crippen molar-refractivity contribution in [3.05, 3.63) is 13.8 Å². The second-order valence-electron chi connectivity index (χ2n) is 11.5. The fraction of sp³-hybridized carbons (Fsp3) is 0.903. The van der Waals surface area contributed by atoms with E-state index in [-0.39, 0.29) is 61.0 Å². The molecule has 2 saturated carbocycles. The number of rotatable bonds is 16. The smallest absolute Gasteiger partial charge is 0.382 e. The predicted molar refractivity (Wildman–Crippen MR) is 161 cm³/mol.